The van der Waals surface area contributed by atoms with Gasteiger partial charge in [0.05, 0.1) is 18.8 Å². The highest BCUT2D eigenvalue weighted by atomic mass is 16.3. The van der Waals surface area contributed by atoms with Crippen molar-refractivity contribution < 1.29 is 15.0 Å². The van der Waals surface area contributed by atoms with Gasteiger partial charge < -0.3 is 15.5 Å². The second-order valence-corrected chi connectivity index (χ2v) is 14.0. The molecule has 0 radical (unpaired) electrons. The lowest BCUT2D eigenvalue weighted by Gasteiger charge is -2.19. The van der Waals surface area contributed by atoms with Crippen LogP contribution in [-0.2, 0) is 4.79 Å². The Morgan fingerprint density at radius 1 is 0.521 bits per heavy atom. The van der Waals surface area contributed by atoms with Crippen molar-refractivity contribution in [1.82, 2.24) is 5.32 Å². The normalized spacial score (nSPS) is 13.5. The first-order valence-electron chi connectivity index (χ1n) is 20.9. The number of rotatable bonds is 37. The first-order chi connectivity index (χ1) is 23.7. The molecule has 0 aromatic carbocycles. The Bertz CT molecular complexity index is 771. The molecule has 2 unspecified atom stereocenters. The van der Waals surface area contributed by atoms with Crippen molar-refractivity contribution in [1.29, 1.82) is 0 Å². The monoisotopic (exact) mass is 672 g/mol. The molecule has 0 fully saturated rings. The molecule has 0 aromatic rings. The first-order valence-corrected chi connectivity index (χ1v) is 20.9. The molecule has 3 N–H and O–H groups in total. The molecule has 0 aliphatic carbocycles. The third-order valence-electron chi connectivity index (χ3n) is 9.32. The van der Waals surface area contributed by atoms with Crippen LogP contribution in [0.25, 0.3) is 0 Å². The molecular formula is C44H81NO3. The van der Waals surface area contributed by atoms with E-state index < -0.39 is 12.1 Å². The molecule has 2 atom stereocenters. The number of nitrogens with one attached hydrogen (secondary N) is 1. The molecule has 0 aromatic heterocycles. The van der Waals surface area contributed by atoms with Gasteiger partial charge in [-0.2, -0.15) is 0 Å². The zero-order valence-corrected chi connectivity index (χ0v) is 32.0. The fraction of sp³-hybridized carbons (Fsp3) is 0.795. The lowest BCUT2D eigenvalue weighted by Crippen LogP contribution is -2.45. The van der Waals surface area contributed by atoms with Crippen LogP contribution < -0.4 is 5.32 Å². The fourth-order valence-corrected chi connectivity index (χ4v) is 6.13. The molecule has 4 heteroatoms. The van der Waals surface area contributed by atoms with Crippen LogP contribution >= 0.6 is 0 Å². The van der Waals surface area contributed by atoms with Gasteiger partial charge in [-0.1, -0.05) is 197 Å². The van der Waals surface area contributed by atoms with E-state index in [9.17, 15) is 15.0 Å². The molecule has 48 heavy (non-hydrogen) atoms. The minimum atomic E-state index is -0.851. The molecule has 1 amide bonds. The highest BCUT2D eigenvalue weighted by Gasteiger charge is 2.17. The van der Waals surface area contributed by atoms with E-state index in [4.69, 9.17) is 0 Å². The fourth-order valence-electron chi connectivity index (χ4n) is 6.13. The third-order valence-corrected chi connectivity index (χ3v) is 9.32. The summed E-state index contributed by atoms with van der Waals surface area (Å²) < 4.78 is 0. The van der Waals surface area contributed by atoms with Gasteiger partial charge in [0, 0.05) is 6.42 Å². The maximum atomic E-state index is 12.3. The summed E-state index contributed by atoms with van der Waals surface area (Å²) in [5, 5.41) is 22.9. The van der Waals surface area contributed by atoms with Gasteiger partial charge in [-0.05, 0) is 51.4 Å². The molecule has 0 saturated carbocycles. The Kier molecular flexibility index (Phi) is 38.4. The highest BCUT2D eigenvalue weighted by Crippen LogP contribution is 2.15. The van der Waals surface area contributed by atoms with Crippen LogP contribution in [0.1, 0.15) is 206 Å². The molecule has 0 spiro atoms. The Hall–Kier alpha value is -1.65. The number of allylic oxidation sites excluding steroid dienone is 7. The van der Waals surface area contributed by atoms with E-state index >= 15 is 0 Å². The third kappa shape index (κ3) is 35.7. The van der Waals surface area contributed by atoms with Crippen LogP contribution in [0, 0.1) is 0 Å². The summed E-state index contributed by atoms with van der Waals surface area (Å²) >= 11 is 0. The maximum Gasteiger partial charge on any atom is 0.220 e. The molecule has 4 nitrogen and oxygen atoms in total. The number of amides is 1. The molecule has 0 aliphatic heterocycles. The van der Waals surface area contributed by atoms with Crippen LogP contribution in [0.2, 0.25) is 0 Å². The van der Waals surface area contributed by atoms with Crippen molar-refractivity contribution in [3.8, 4) is 0 Å². The second kappa shape index (κ2) is 39.8. The first kappa shape index (κ1) is 46.4. The molecule has 0 aliphatic rings. The number of hydrogen-bond acceptors (Lipinski definition) is 3. The van der Waals surface area contributed by atoms with Gasteiger partial charge in [-0.3, -0.25) is 4.79 Å². The van der Waals surface area contributed by atoms with Crippen molar-refractivity contribution in [3.63, 3.8) is 0 Å². The van der Waals surface area contributed by atoms with E-state index in [-0.39, 0.29) is 12.5 Å². The number of carbonyl (C=O) groups excluding carboxylic acids is 1. The van der Waals surface area contributed by atoms with E-state index in [0.717, 1.165) is 57.8 Å². The van der Waals surface area contributed by atoms with E-state index in [1.54, 1.807) is 6.08 Å². The number of hydrogen-bond donors (Lipinski definition) is 3. The summed E-state index contributed by atoms with van der Waals surface area (Å²) in [5.41, 5.74) is 0. The quantitative estimate of drug-likeness (QED) is 0.0455. The number of unbranched alkanes of at least 4 members (excludes halogenated alkanes) is 24. The van der Waals surface area contributed by atoms with Gasteiger partial charge >= 0.3 is 0 Å². The summed E-state index contributed by atoms with van der Waals surface area (Å²) in [6, 6.07) is -0.637. The Morgan fingerprint density at radius 3 is 1.38 bits per heavy atom. The SMILES string of the molecule is CC/C=C\C/C=C\C/C=C\CCCCCC(=O)NC(CO)C(O)/C=C/CCCCCCCCCCCCCCCCCCCCCCC. The number of aliphatic hydroxyl groups is 2. The lowest BCUT2D eigenvalue weighted by atomic mass is 10.0. The van der Waals surface area contributed by atoms with Crippen LogP contribution in [-0.4, -0.2) is 34.9 Å². The van der Waals surface area contributed by atoms with Crippen molar-refractivity contribution >= 4 is 5.91 Å². The zero-order valence-electron chi connectivity index (χ0n) is 32.0. The minimum Gasteiger partial charge on any atom is -0.394 e. The molecule has 0 rings (SSSR count). The largest absolute Gasteiger partial charge is 0.394 e. The summed E-state index contributed by atoms with van der Waals surface area (Å²) in [4.78, 5) is 12.3. The minimum absolute atomic E-state index is 0.0938. The summed E-state index contributed by atoms with van der Waals surface area (Å²) in [7, 11) is 0. The standard InChI is InChI=1S/C44H81NO3/c1-3-5-7-9-11-13-15-17-18-19-20-21-22-23-24-25-26-28-29-31-33-35-37-39-43(47)42(41-46)45-44(48)40-38-36-34-32-30-27-16-14-12-10-8-6-4-2/h6,8,12,14,27,30,37,39,42-43,46-47H,3-5,7,9-11,13,15-26,28-29,31-36,38,40-41H2,1-2H3,(H,45,48)/b8-6-,14-12-,30-27-,39-37+. The van der Waals surface area contributed by atoms with Gasteiger partial charge in [-0.25, -0.2) is 0 Å². The van der Waals surface area contributed by atoms with E-state index in [1.807, 2.05) is 6.08 Å². The highest BCUT2D eigenvalue weighted by molar-refractivity contribution is 5.76. The average molecular weight is 672 g/mol. The van der Waals surface area contributed by atoms with Gasteiger partial charge in [0.1, 0.15) is 0 Å². The Labute approximate surface area is 299 Å². The van der Waals surface area contributed by atoms with Crippen molar-refractivity contribution in [2.75, 3.05) is 6.61 Å². The van der Waals surface area contributed by atoms with Crippen LogP contribution in [0.5, 0.6) is 0 Å². The predicted octanol–water partition coefficient (Wildman–Crippen LogP) is 12.8. The van der Waals surface area contributed by atoms with Crippen molar-refractivity contribution in [2.45, 2.75) is 219 Å². The van der Waals surface area contributed by atoms with Crippen molar-refractivity contribution in [3.05, 3.63) is 48.6 Å². The van der Waals surface area contributed by atoms with Crippen LogP contribution in [0.4, 0.5) is 0 Å². The topological polar surface area (TPSA) is 69.6 Å². The molecule has 0 heterocycles. The Morgan fingerprint density at radius 2 is 0.917 bits per heavy atom. The number of aliphatic hydroxyl groups excluding tert-OH is 2. The Balaban J connectivity index is 3.58. The lowest BCUT2D eigenvalue weighted by molar-refractivity contribution is -0.123. The summed E-state index contributed by atoms with van der Waals surface area (Å²) in [6.45, 7) is 4.18. The predicted molar refractivity (Wildman–Crippen MR) is 211 cm³/mol. The average Bonchev–Trinajstić information content (AvgIpc) is 3.09. The van der Waals surface area contributed by atoms with Crippen LogP contribution in [0.15, 0.2) is 48.6 Å². The smallest absolute Gasteiger partial charge is 0.220 e. The zero-order chi connectivity index (χ0) is 35.0. The molecule has 280 valence electrons. The molecule has 0 bridgehead atoms. The van der Waals surface area contributed by atoms with Gasteiger partial charge in [0.2, 0.25) is 5.91 Å². The summed E-state index contributed by atoms with van der Waals surface area (Å²) in [6.07, 6.45) is 53.6. The second-order valence-electron chi connectivity index (χ2n) is 14.0. The maximum absolute atomic E-state index is 12.3. The van der Waals surface area contributed by atoms with Gasteiger partial charge in [0.15, 0.2) is 0 Å². The van der Waals surface area contributed by atoms with E-state index in [2.05, 4.69) is 55.6 Å². The van der Waals surface area contributed by atoms with Crippen molar-refractivity contribution in [2.24, 2.45) is 0 Å². The van der Waals surface area contributed by atoms with Gasteiger partial charge in [-0.15, -0.1) is 0 Å². The van der Waals surface area contributed by atoms with Crippen LogP contribution in [0.3, 0.4) is 0 Å². The van der Waals surface area contributed by atoms with E-state index in [1.165, 1.54) is 128 Å². The summed E-state index contributed by atoms with van der Waals surface area (Å²) in [5.74, 6) is -0.0938. The van der Waals surface area contributed by atoms with E-state index in [0.29, 0.717) is 6.42 Å². The number of carbonyl (C=O) groups is 1. The molecule has 0 saturated heterocycles. The van der Waals surface area contributed by atoms with Gasteiger partial charge in [0.25, 0.3) is 0 Å². The molecular weight excluding hydrogens is 590 g/mol.